The standard InChI is InChI=1S/C17H24N4O3.ClH/c1-18-16-12-14(21(23)24)6-7-15(16)20(13-17(18)22)11-5-10-19-8-3-2-4-9-19;/h6-7,12H,2-5,8-11,13H2,1H3;1H. The van der Waals surface area contributed by atoms with Crippen molar-refractivity contribution in [2.75, 3.05) is 49.6 Å². The van der Waals surface area contributed by atoms with Gasteiger partial charge in [-0.3, -0.25) is 14.9 Å². The van der Waals surface area contributed by atoms with Gasteiger partial charge in [0.15, 0.2) is 0 Å². The average molecular weight is 369 g/mol. The van der Waals surface area contributed by atoms with Crippen LogP contribution in [0.5, 0.6) is 0 Å². The van der Waals surface area contributed by atoms with E-state index in [1.165, 1.54) is 49.4 Å². The number of non-ortho nitro benzene ring substituents is 1. The van der Waals surface area contributed by atoms with Gasteiger partial charge in [-0.2, -0.15) is 0 Å². The number of carbonyl (C=O) groups is 1. The molecule has 2 aliphatic rings. The lowest BCUT2D eigenvalue weighted by atomic mass is 10.1. The molecule has 2 aliphatic heterocycles. The molecule has 0 unspecified atom stereocenters. The minimum atomic E-state index is -0.423. The second-order valence-electron chi connectivity index (χ2n) is 6.56. The first-order valence-corrected chi connectivity index (χ1v) is 8.58. The largest absolute Gasteiger partial charge is 0.360 e. The fourth-order valence-corrected chi connectivity index (χ4v) is 3.52. The topological polar surface area (TPSA) is 69.9 Å². The summed E-state index contributed by atoms with van der Waals surface area (Å²) in [6, 6.07) is 4.77. The third-order valence-corrected chi connectivity index (χ3v) is 4.92. The minimum absolute atomic E-state index is 0. The first kappa shape index (κ1) is 19.5. The van der Waals surface area contributed by atoms with Crippen LogP contribution in [0.2, 0.25) is 0 Å². The van der Waals surface area contributed by atoms with Crippen molar-refractivity contribution < 1.29 is 9.72 Å². The maximum Gasteiger partial charge on any atom is 0.271 e. The van der Waals surface area contributed by atoms with Crippen molar-refractivity contribution in [3.63, 3.8) is 0 Å². The Labute approximate surface area is 154 Å². The lowest BCUT2D eigenvalue weighted by Crippen LogP contribution is -2.45. The number of fused-ring (bicyclic) bond motifs is 1. The second kappa shape index (κ2) is 8.49. The van der Waals surface area contributed by atoms with Gasteiger partial charge in [0.2, 0.25) is 5.91 Å². The predicted molar refractivity (Wildman–Crippen MR) is 101 cm³/mol. The van der Waals surface area contributed by atoms with E-state index in [1.54, 1.807) is 13.1 Å². The zero-order valence-corrected chi connectivity index (χ0v) is 15.3. The number of rotatable bonds is 5. The van der Waals surface area contributed by atoms with E-state index >= 15 is 0 Å². The van der Waals surface area contributed by atoms with Crippen molar-refractivity contribution in [3.05, 3.63) is 28.3 Å². The second-order valence-corrected chi connectivity index (χ2v) is 6.56. The van der Waals surface area contributed by atoms with E-state index < -0.39 is 4.92 Å². The van der Waals surface area contributed by atoms with Crippen LogP contribution in [-0.2, 0) is 4.79 Å². The zero-order chi connectivity index (χ0) is 17.1. The van der Waals surface area contributed by atoms with Gasteiger partial charge in [0.25, 0.3) is 5.69 Å². The molecule has 1 aromatic rings. The number of piperidine rings is 1. The first-order valence-electron chi connectivity index (χ1n) is 8.58. The Bertz CT molecular complexity index is 634. The summed E-state index contributed by atoms with van der Waals surface area (Å²) in [6.45, 7) is 4.51. The lowest BCUT2D eigenvalue weighted by molar-refractivity contribution is -0.384. The van der Waals surface area contributed by atoms with Crippen molar-refractivity contribution in [2.24, 2.45) is 0 Å². The van der Waals surface area contributed by atoms with E-state index in [0.717, 1.165) is 25.2 Å². The molecule has 1 aromatic carbocycles. The smallest absolute Gasteiger partial charge is 0.271 e. The Kier molecular flexibility index (Phi) is 6.61. The average Bonchev–Trinajstić information content (AvgIpc) is 2.59. The number of benzene rings is 1. The van der Waals surface area contributed by atoms with E-state index in [0.29, 0.717) is 12.2 Å². The van der Waals surface area contributed by atoms with Gasteiger partial charge in [-0.05, 0) is 45.0 Å². The molecule has 0 bridgehead atoms. The Hall–Kier alpha value is -1.86. The van der Waals surface area contributed by atoms with Crippen molar-refractivity contribution >= 4 is 35.4 Å². The summed E-state index contributed by atoms with van der Waals surface area (Å²) in [6.07, 6.45) is 4.88. The number of carbonyl (C=O) groups excluding carboxylic acids is 1. The van der Waals surface area contributed by atoms with Crippen LogP contribution in [0.3, 0.4) is 0 Å². The van der Waals surface area contributed by atoms with Crippen LogP contribution in [0.4, 0.5) is 17.1 Å². The number of hydrogen-bond donors (Lipinski definition) is 0. The number of halogens is 1. The summed E-state index contributed by atoms with van der Waals surface area (Å²) in [4.78, 5) is 28.8. The highest BCUT2D eigenvalue weighted by molar-refractivity contribution is 6.03. The van der Waals surface area contributed by atoms with Gasteiger partial charge in [0.05, 0.1) is 22.8 Å². The molecule has 138 valence electrons. The van der Waals surface area contributed by atoms with Crippen LogP contribution in [-0.4, -0.2) is 55.5 Å². The quantitative estimate of drug-likeness (QED) is 0.590. The molecule has 0 saturated carbocycles. The molecule has 0 N–H and O–H groups in total. The monoisotopic (exact) mass is 368 g/mol. The van der Waals surface area contributed by atoms with Gasteiger partial charge in [-0.15, -0.1) is 12.4 Å². The van der Waals surface area contributed by atoms with Crippen LogP contribution in [0.25, 0.3) is 0 Å². The van der Waals surface area contributed by atoms with Crippen molar-refractivity contribution in [1.29, 1.82) is 0 Å². The number of likely N-dealkylation sites (N-methyl/N-ethyl adjacent to an activating group) is 1. The fraction of sp³-hybridized carbons (Fsp3) is 0.588. The molecular weight excluding hydrogens is 344 g/mol. The zero-order valence-electron chi connectivity index (χ0n) is 14.5. The number of nitro benzene ring substituents is 1. The number of anilines is 2. The number of amides is 1. The number of nitrogens with zero attached hydrogens (tertiary/aromatic N) is 4. The van der Waals surface area contributed by atoms with Crippen LogP contribution >= 0.6 is 12.4 Å². The van der Waals surface area contributed by atoms with Crippen LogP contribution in [0, 0.1) is 10.1 Å². The van der Waals surface area contributed by atoms with Gasteiger partial charge in [-0.1, -0.05) is 6.42 Å². The summed E-state index contributed by atoms with van der Waals surface area (Å²) in [7, 11) is 1.68. The molecule has 7 nitrogen and oxygen atoms in total. The van der Waals surface area contributed by atoms with E-state index in [2.05, 4.69) is 4.90 Å². The molecule has 1 amide bonds. The molecule has 1 fully saturated rings. The van der Waals surface area contributed by atoms with Gasteiger partial charge < -0.3 is 14.7 Å². The molecule has 0 aromatic heterocycles. The van der Waals surface area contributed by atoms with Crippen molar-refractivity contribution in [1.82, 2.24) is 4.90 Å². The molecule has 3 rings (SSSR count). The van der Waals surface area contributed by atoms with Crippen LogP contribution in [0.1, 0.15) is 25.7 Å². The maximum absolute atomic E-state index is 12.2. The summed E-state index contributed by atoms with van der Waals surface area (Å²) in [5, 5.41) is 11.0. The highest BCUT2D eigenvalue weighted by Crippen LogP contribution is 2.35. The van der Waals surface area contributed by atoms with E-state index in [1.807, 2.05) is 4.90 Å². The minimum Gasteiger partial charge on any atom is -0.360 e. The SMILES string of the molecule is CN1C(=O)CN(CCCN2CCCCC2)c2ccc([N+](=O)[O-])cc21.Cl. The third-order valence-electron chi connectivity index (χ3n) is 4.92. The first-order chi connectivity index (χ1) is 11.6. The van der Waals surface area contributed by atoms with Crippen LogP contribution in [0.15, 0.2) is 18.2 Å². The van der Waals surface area contributed by atoms with E-state index in [9.17, 15) is 14.9 Å². The molecule has 2 heterocycles. The van der Waals surface area contributed by atoms with Crippen molar-refractivity contribution in [3.8, 4) is 0 Å². The molecule has 1 saturated heterocycles. The molecule has 25 heavy (non-hydrogen) atoms. The van der Waals surface area contributed by atoms with Gasteiger partial charge in [0, 0.05) is 25.7 Å². The highest BCUT2D eigenvalue weighted by atomic mass is 35.5. The summed E-state index contributed by atoms with van der Waals surface area (Å²) < 4.78 is 0. The normalized spacial score (nSPS) is 17.9. The predicted octanol–water partition coefficient (Wildman–Crippen LogP) is 2.68. The van der Waals surface area contributed by atoms with Gasteiger partial charge >= 0.3 is 0 Å². The Balaban J connectivity index is 0.00000225. The summed E-state index contributed by atoms with van der Waals surface area (Å²) in [5.41, 5.74) is 1.54. The van der Waals surface area contributed by atoms with Crippen molar-refractivity contribution in [2.45, 2.75) is 25.7 Å². The Morgan fingerprint density at radius 1 is 1.12 bits per heavy atom. The molecular formula is C17H25ClN4O3. The summed E-state index contributed by atoms with van der Waals surface area (Å²) >= 11 is 0. The number of nitro groups is 1. The molecule has 0 atom stereocenters. The third kappa shape index (κ3) is 4.41. The number of hydrogen-bond acceptors (Lipinski definition) is 5. The highest BCUT2D eigenvalue weighted by Gasteiger charge is 2.28. The van der Waals surface area contributed by atoms with Gasteiger partial charge in [0.1, 0.15) is 0 Å². The van der Waals surface area contributed by atoms with E-state index in [-0.39, 0.29) is 24.0 Å². The molecule has 0 aliphatic carbocycles. The maximum atomic E-state index is 12.2. The lowest BCUT2D eigenvalue weighted by Gasteiger charge is -2.36. The Morgan fingerprint density at radius 2 is 1.84 bits per heavy atom. The fourth-order valence-electron chi connectivity index (χ4n) is 3.52. The molecule has 0 radical (unpaired) electrons. The number of likely N-dealkylation sites (tertiary alicyclic amines) is 1. The Morgan fingerprint density at radius 3 is 2.52 bits per heavy atom. The van der Waals surface area contributed by atoms with Gasteiger partial charge in [-0.25, -0.2) is 0 Å². The van der Waals surface area contributed by atoms with E-state index in [4.69, 9.17) is 0 Å². The molecule has 0 spiro atoms. The van der Waals surface area contributed by atoms with Crippen LogP contribution < -0.4 is 9.80 Å². The molecule has 8 heteroatoms. The summed E-state index contributed by atoms with van der Waals surface area (Å²) in [5.74, 6) is -0.0269.